The summed E-state index contributed by atoms with van der Waals surface area (Å²) >= 11 is 1.56. The monoisotopic (exact) mass is 591 g/mol. The number of para-hydroxylation sites is 1. The number of anilines is 1. The Morgan fingerprint density at radius 1 is 1.10 bits per heavy atom. The number of rotatable bonds is 11. The van der Waals surface area contributed by atoms with Crippen LogP contribution in [0.3, 0.4) is 0 Å². The fourth-order valence-corrected chi connectivity index (χ4v) is 6.63. The molecule has 2 heterocycles. The molecule has 41 heavy (non-hydrogen) atoms. The molecule has 0 aliphatic carbocycles. The number of piperazine rings is 1. The van der Waals surface area contributed by atoms with Gasteiger partial charge in [-0.25, -0.2) is 4.98 Å². The summed E-state index contributed by atoms with van der Waals surface area (Å²) in [5.74, 6) is 0.775. The van der Waals surface area contributed by atoms with Crippen molar-refractivity contribution in [2.45, 2.75) is 58.7 Å². The molecule has 4 rings (SSSR count). The van der Waals surface area contributed by atoms with Crippen molar-refractivity contribution in [1.29, 1.82) is 0 Å². The molecule has 220 valence electrons. The van der Waals surface area contributed by atoms with E-state index in [2.05, 4.69) is 97.7 Å². The number of hydrogen-bond acceptors (Lipinski definition) is 7. The third-order valence-corrected chi connectivity index (χ3v) is 13.4. The first-order valence-corrected chi connectivity index (χ1v) is 18.4. The number of carbonyl (C=O) groups is 1. The van der Waals surface area contributed by atoms with Crippen molar-refractivity contribution in [3.63, 3.8) is 0 Å². The Balaban J connectivity index is 1.58. The number of nitrogens with zero attached hydrogens (tertiary/aromatic N) is 3. The first-order chi connectivity index (χ1) is 19.5. The van der Waals surface area contributed by atoms with Crippen LogP contribution in [0, 0.1) is 0 Å². The quantitative estimate of drug-likeness (QED) is 0.134. The maximum absolute atomic E-state index is 11.8. The van der Waals surface area contributed by atoms with E-state index in [1.807, 2.05) is 18.4 Å². The van der Waals surface area contributed by atoms with Crippen LogP contribution in [0.5, 0.6) is 5.75 Å². The third-order valence-electron chi connectivity index (χ3n) is 8.11. The summed E-state index contributed by atoms with van der Waals surface area (Å²) in [5.41, 5.74) is 5.58. The van der Waals surface area contributed by atoms with Gasteiger partial charge in [-0.3, -0.25) is 9.69 Å². The number of benzene rings is 2. The van der Waals surface area contributed by atoms with Crippen LogP contribution in [0.2, 0.25) is 18.1 Å². The highest BCUT2D eigenvalue weighted by Gasteiger charge is 2.40. The summed E-state index contributed by atoms with van der Waals surface area (Å²) in [7, 11) is -2.03. The van der Waals surface area contributed by atoms with Gasteiger partial charge < -0.3 is 14.1 Å². The van der Waals surface area contributed by atoms with Gasteiger partial charge in [0, 0.05) is 43.7 Å². The lowest BCUT2D eigenvalue weighted by Gasteiger charge is -2.41. The van der Waals surface area contributed by atoms with Gasteiger partial charge in [-0.1, -0.05) is 63.2 Å². The van der Waals surface area contributed by atoms with Gasteiger partial charge in [0.15, 0.2) is 0 Å². The van der Waals surface area contributed by atoms with Crippen molar-refractivity contribution in [2.75, 3.05) is 44.2 Å². The van der Waals surface area contributed by atoms with Gasteiger partial charge in [-0.15, -0.1) is 17.9 Å². The van der Waals surface area contributed by atoms with Crippen LogP contribution < -0.4 is 9.33 Å². The molecule has 1 aliphatic heterocycles. The zero-order chi connectivity index (χ0) is 29.6. The molecule has 6 nitrogen and oxygen atoms in total. The van der Waals surface area contributed by atoms with E-state index in [1.54, 1.807) is 11.3 Å². The fourth-order valence-electron chi connectivity index (χ4n) is 4.78. The van der Waals surface area contributed by atoms with E-state index >= 15 is 0 Å². The molecule has 8 heteroatoms. The lowest BCUT2D eigenvalue weighted by atomic mass is 10.0. The summed E-state index contributed by atoms with van der Waals surface area (Å²) in [5, 5.41) is 2.97. The molecule has 1 aromatic heterocycles. The van der Waals surface area contributed by atoms with E-state index in [0.29, 0.717) is 6.61 Å². The first kappa shape index (κ1) is 31.0. The number of ether oxygens (including phenoxy) is 1. The van der Waals surface area contributed by atoms with Gasteiger partial charge in [0.1, 0.15) is 10.8 Å². The second-order valence-corrected chi connectivity index (χ2v) is 17.8. The van der Waals surface area contributed by atoms with Gasteiger partial charge in [0.05, 0.1) is 24.4 Å². The standard InChI is InChI=1S/C33H45N3O3SSi/c1-8-17-35-18-20-36(21-19-35)31-27(11-10-12-29(31)39-41(6,7)33(3,4)5)22-25-13-15-26(16-14-25)32-34-28(24-40-32)23-30(37)38-9-2/h8,10-16,24H,1,9,17-23H2,2-7H3. The Morgan fingerprint density at radius 2 is 1.80 bits per heavy atom. The van der Waals surface area contributed by atoms with Gasteiger partial charge in [-0.05, 0) is 48.7 Å². The van der Waals surface area contributed by atoms with Gasteiger partial charge in [0.25, 0.3) is 8.32 Å². The van der Waals surface area contributed by atoms with E-state index in [-0.39, 0.29) is 17.4 Å². The van der Waals surface area contributed by atoms with Gasteiger partial charge in [0.2, 0.25) is 0 Å². The molecule has 0 bridgehead atoms. The third kappa shape index (κ3) is 7.87. The predicted molar refractivity (Wildman–Crippen MR) is 174 cm³/mol. The molecule has 0 atom stereocenters. The van der Waals surface area contributed by atoms with Crippen LogP contribution in [0.25, 0.3) is 10.6 Å². The first-order valence-electron chi connectivity index (χ1n) is 14.6. The van der Waals surface area contributed by atoms with Crippen LogP contribution in [-0.2, 0) is 22.4 Å². The Morgan fingerprint density at radius 3 is 2.44 bits per heavy atom. The van der Waals surface area contributed by atoms with E-state index in [1.165, 1.54) is 16.8 Å². The minimum Gasteiger partial charge on any atom is -0.542 e. The summed E-state index contributed by atoms with van der Waals surface area (Å²) in [4.78, 5) is 21.5. The van der Waals surface area contributed by atoms with Crippen molar-refractivity contribution in [3.8, 4) is 16.3 Å². The highest BCUT2D eigenvalue weighted by Crippen LogP contribution is 2.42. The van der Waals surface area contributed by atoms with E-state index in [9.17, 15) is 4.79 Å². The van der Waals surface area contributed by atoms with Crippen LogP contribution in [-0.4, -0.2) is 63.5 Å². The molecule has 2 aromatic carbocycles. The van der Waals surface area contributed by atoms with Crippen LogP contribution >= 0.6 is 11.3 Å². The molecule has 0 amide bonds. The maximum atomic E-state index is 11.8. The molecular formula is C33H45N3O3SSi. The highest BCUT2D eigenvalue weighted by atomic mass is 32.1. The van der Waals surface area contributed by atoms with E-state index < -0.39 is 8.32 Å². The largest absolute Gasteiger partial charge is 0.542 e. The second kappa shape index (κ2) is 13.4. The molecule has 0 radical (unpaired) electrons. The lowest BCUT2D eigenvalue weighted by Crippen LogP contribution is -2.48. The van der Waals surface area contributed by atoms with Crippen molar-refractivity contribution >= 4 is 31.3 Å². The van der Waals surface area contributed by atoms with Crippen molar-refractivity contribution in [2.24, 2.45) is 0 Å². The molecule has 0 spiro atoms. The molecule has 0 saturated carbocycles. The summed E-state index contributed by atoms with van der Waals surface area (Å²) in [6.45, 7) is 22.5. The molecule has 0 unspecified atom stereocenters. The summed E-state index contributed by atoms with van der Waals surface area (Å²) in [6.07, 6.45) is 3.02. The molecular weight excluding hydrogens is 547 g/mol. The minimum absolute atomic E-state index is 0.116. The SMILES string of the molecule is C=CCN1CCN(c2c(Cc3ccc(-c4nc(CC(=O)OCC)cs4)cc3)cccc2O[Si](C)(C)C(C)(C)C)CC1. The van der Waals surface area contributed by atoms with Gasteiger partial charge >= 0.3 is 5.97 Å². The lowest BCUT2D eigenvalue weighted by molar-refractivity contribution is -0.142. The molecule has 1 aliphatic rings. The van der Waals surface area contributed by atoms with Crippen LogP contribution in [0.1, 0.15) is 44.5 Å². The Labute approximate surface area is 251 Å². The van der Waals surface area contributed by atoms with Gasteiger partial charge in [-0.2, -0.15) is 0 Å². The Bertz CT molecular complexity index is 1320. The second-order valence-electron chi connectivity index (χ2n) is 12.2. The number of carbonyl (C=O) groups excluding carboxylic acids is 1. The average Bonchev–Trinajstić information content (AvgIpc) is 3.38. The highest BCUT2D eigenvalue weighted by molar-refractivity contribution is 7.13. The molecule has 0 N–H and O–H groups in total. The van der Waals surface area contributed by atoms with Crippen molar-refractivity contribution < 1.29 is 14.0 Å². The fraction of sp³-hybridized carbons (Fsp3) is 0.455. The number of esters is 1. The Hall–Kier alpha value is -2.94. The van der Waals surface area contributed by atoms with Crippen LogP contribution in [0.15, 0.2) is 60.5 Å². The topological polar surface area (TPSA) is 54.9 Å². The summed E-state index contributed by atoms with van der Waals surface area (Å²) < 4.78 is 12.0. The van der Waals surface area contributed by atoms with Crippen molar-refractivity contribution in [3.05, 3.63) is 77.3 Å². The predicted octanol–water partition coefficient (Wildman–Crippen LogP) is 7.20. The van der Waals surface area contributed by atoms with E-state index in [0.717, 1.165) is 61.2 Å². The smallest absolute Gasteiger partial charge is 0.311 e. The number of hydrogen-bond donors (Lipinski definition) is 0. The minimum atomic E-state index is -2.03. The average molecular weight is 592 g/mol. The van der Waals surface area contributed by atoms with Crippen molar-refractivity contribution in [1.82, 2.24) is 9.88 Å². The van der Waals surface area contributed by atoms with E-state index in [4.69, 9.17) is 9.16 Å². The van der Waals surface area contributed by atoms with Crippen LogP contribution in [0.4, 0.5) is 5.69 Å². The number of thiazole rings is 1. The summed E-state index contributed by atoms with van der Waals surface area (Å²) in [6, 6.07) is 15.2. The molecule has 1 saturated heterocycles. The Kier molecular flexibility index (Phi) is 10.1. The zero-order valence-electron chi connectivity index (χ0n) is 25.5. The zero-order valence-corrected chi connectivity index (χ0v) is 27.4. The molecule has 3 aromatic rings. The maximum Gasteiger partial charge on any atom is 0.311 e. The number of aromatic nitrogens is 1. The molecule has 1 fully saturated rings. The normalized spacial score (nSPS) is 14.6.